The summed E-state index contributed by atoms with van der Waals surface area (Å²) in [5, 5.41) is 13.6. The predicted octanol–water partition coefficient (Wildman–Crippen LogP) is 1.73. The Morgan fingerprint density at radius 3 is 3.00 bits per heavy atom. The van der Waals surface area contributed by atoms with Gasteiger partial charge in [-0.2, -0.15) is 4.37 Å². The Morgan fingerprint density at radius 2 is 2.37 bits per heavy atom. The number of rotatable bonds is 3. The molecule has 1 aromatic heterocycles. The van der Waals surface area contributed by atoms with Crippen LogP contribution in [-0.2, 0) is 0 Å². The summed E-state index contributed by atoms with van der Waals surface area (Å²) in [5.74, 6) is 0.212. The second-order valence-electron chi connectivity index (χ2n) is 5.12. The van der Waals surface area contributed by atoms with Gasteiger partial charge in [-0.05, 0) is 38.2 Å². The minimum absolute atomic E-state index is 0.0287. The summed E-state index contributed by atoms with van der Waals surface area (Å²) < 4.78 is 4.24. The zero-order valence-electron chi connectivity index (χ0n) is 11.6. The zero-order valence-corrected chi connectivity index (χ0v) is 12.5. The highest BCUT2D eigenvalue weighted by Gasteiger charge is 2.29. The van der Waals surface area contributed by atoms with E-state index >= 15 is 0 Å². The van der Waals surface area contributed by atoms with Gasteiger partial charge in [0.2, 0.25) is 0 Å². The lowest BCUT2D eigenvalue weighted by Gasteiger charge is -2.34. The molecule has 1 aliphatic heterocycles. The van der Waals surface area contributed by atoms with E-state index in [1.54, 1.807) is 14.0 Å². The summed E-state index contributed by atoms with van der Waals surface area (Å²) in [6.45, 7) is 5.06. The monoisotopic (exact) mass is 283 g/mol. The summed E-state index contributed by atoms with van der Waals surface area (Å²) in [6.07, 6.45) is 1.58. The molecule has 1 fully saturated rings. The molecule has 1 saturated heterocycles. The molecule has 0 radical (unpaired) electrons. The van der Waals surface area contributed by atoms with E-state index in [0.29, 0.717) is 12.1 Å². The van der Waals surface area contributed by atoms with Crippen molar-refractivity contribution in [2.24, 2.45) is 5.92 Å². The van der Waals surface area contributed by atoms with Gasteiger partial charge in [0.05, 0.1) is 17.4 Å². The maximum Gasteiger partial charge on any atom is 0.258 e. The Bertz CT molecular complexity index is 459. The van der Waals surface area contributed by atoms with Crippen molar-refractivity contribution in [2.45, 2.75) is 32.8 Å². The number of amides is 1. The quantitative estimate of drug-likeness (QED) is 0.886. The normalized spacial score (nSPS) is 21.3. The largest absolute Gasteiger partial charge is 0.393 e. The van der Waals surface area contributed by atoms with Crippen molar-refractivity contribution < 1.29 is 9.90 Å². The van der Waals surface area contributed by atoms with E-state index in [4.69, 9.17) is 0 Å². The lowest BCUT2D eigenvalue weighted by molar-refractivity contribution is 0.0466. The van der Waals surface area contributed by atoms with Gasteiger partial charge in [-0.15, -0.1) is 0 Å². The first-order chi connectivity index (χ1) is 9.04. The van der Waals surface area contributed by atoms with Crippen LogP contribution in [0.5, 0.6) is 0 Å². The lowest BCUT2D eigenvalue weighted by atomic mass is 9.93. The van der Waals surface area contributed by atoms with Crippen LogP contribution < -0.4 is 5.32 Å². The minimum atomic E-state index is -0.360. The van der Waals surface area contributed by atoms with Crippen molar-refractivity contribution in [2.75, 3.05) is 25.5 Å². The van der Waals surface area contributed by atoms with Gasteiger partial charge in [-0.3, -0.25) is 4.79 Å². The Morgan fingerprint density at radius 1 is 1.63 bits per heavy atom. The Hall–Kier alpha value is -1.14. The molecule has 0 saturated carbocycles. The Labute approximate surface area is 117 Å². The summed E-state index contributed by atoms with van der Waals surface area (Å²) in [4.78, 5) is 14.4. The molecule has 0 aliphatic carbocycles. The topological polar surface area (TPSA) is 65.5 Å². The molecule has 2 heterocycles. The molecule has 2 atom stereocenters. The van der Waals surface area contributed by atoms with Crippen LogP contribution in [-0.4, -0.2) is 46.5 Å². The molecule has 1 amide bonds. The van der Waals surface area contributed by atoms with E-state index < -0.39 is 0 Å². The van der Waals surface area contributed by atoms with Crippen molar-refractivity contribution in [1.29, 1.82) is 0 Å². The molecule has 19 heavy (non-hydrogen) atoms. The van der Waals surface area contributed by atoms with Gasteiger partial charge < -0.3 is 15.3 Å². The number of aliphatic hydroxyl groups excluding tert-OH is 1. The fraction of sp³-hybridized carbons (Fsp3) is 0.692. The number of hydrogen-bond acceptors (Lipinski definition) is 5. The van der Waals surface area contributed by atoms with Gasteiger partial charge in [0.15, 0.2) is 0 Å². The number of aromatic nitrogens is 1. The standard InChI is InChI=1S/C13H21N3O2S/c1-8-11(12(14-3)19-15-8)13(18)16-6-4-5-10(7-16)9(2)17/h9-10,14,17H,4-7H2,1-3H3. The second-order valence-corrected chi connectivity index (χ2v) is 5.89. The van der Waals surface area contributed by atoms with E-state index in [0.717, 1.165) is 30.1 Å². The van der Waals surface area contributed by atoms with Crippen molar-refractivity contribution in [3.8, 4) is 0 Å². The highest BCUT2D eigenvalue weighted by Crippen LogP contribution is 2.28. The molecule has 1 aliphatic rings. The second kappa shape index (κ2) is 5.88. The van der Waals surface area contributed by atoms with E-state index in [1.807, 2.05) is 11.8 Å². The van der Waals surface area contributed by atoms with Crippen LogP contribution in [0.1, 0.15) is 35.8 Å². The number of carbonyl (C=O) groups excluding carboxylic acids is 1. The summed E-state index contributed by atoms with van der Waals surface area (Å²) in [5.41, 5.74) is 1.46. The van der Waals surface area contributed by atoms with E-state index in [2.05, 4.69) is 9.69 Å². The molecule has 106 valence electrons. The summed E-state index contributed by atoms with van der Waals surface area (Å²) in [6, 6.07) is 0. The van der Waals surface area contributed by atoms with Gasteiger partial charge in [-0.1, -0.05) is 0 Å². The molecule has 0 bridgehead atoms. The third-order valence-corrected chi connectivity index (χ3v) is 4.69. The molecule has 0 spiro atoms. The molecule has 5 nitrogen and oxygen atoms in total. The number of nitrogens with zero attached hydrogens (tertiary/aromatic N) is 2. The van der Waals surface area contributed by atoms with Crippen LogP contribution in [0.4, 0.5) is 5.00 Å². The molecule has 2 N–H and O–H groups in total. The Balaban J connectivity index is 2.17. The average Bonchev–Trinajstić information content (AvgIpc) is 2.79. The van der Waals surface area contributed by atoms with Crippen LogP contribution in [0, 0.1) is 12.8 Å². The highest BCUT2D eigenvalue weighted by molar-refractivity contribution is 7.10. The smallest absolute Gasteiger partial charge is 0.258 e. The fourth-order valence-corrected chi connectivity index (χ4v) is 3.28. The van der Waals surface area contributed by atoms with Gasteiger partial charge in [-0.25, -0.2) is 0 Å². The number of aryl methyl sites for hydroxylation is 1. The minimum Gasteiger partial charge on any atom is -0.393 e. The number of nitrogens with one attached hydrogen (secondary N) is 1. The van der Waals surface area contributed by atoms with Crippen LogP contribution in [0.3, 0.4) is 0 Å². The zero-order chi connectivity index (χ0) is 14.0. The number of aliphatic hydroxyl groups is 1. The van der Waals surface area contributed by atoms with Gasteiger partial charge >= 0.3 is 0 Å². The van der Waals surface area contributed by atoms with Crippen molar-refractivity contribution in [3.63, 3.8) is 0 Å². The van der Waals surface area contributed by atoms with Crippen molar-refractivity contribution >= 4 is 22.4 Å². The number of hydrogen-bond donors (Lipinski definition) is 2. The number of carbonyl (C=O) groups is 1. The maximum absolute atomic E-state index is 12.6. The molecule has 6 heteroatoms. The summed E-state index contributed by atoms with van der Waals surface area (Å²) >= 11 is 1.32. The molecule has 2 rings (SSSR count). The number of anilines is 1. The van der Waals surface area contributed by atoms with Crippen LogP contribution in [0.2, 0.25) is 0 Å². The van der Waals surface area contributed by atoms with Gasteiger partial charge in [0, 0.05) is 26.1 Å². The first-order valence-electron chi connectivity index (χ1n) is 6.66. The van der Waals surface area contributed by atoms with Crippen LogP contribution in [0.15, 0.2) is 0 Å². The molecule has 2 unspecified atom stereocenters. The third kappa shape index (κ3) is 2.90. The number of piperidine rings is 1. The molecule has 1 aromatic rings. The predicted molar refractivity (Wildman–Crippen MR) is 76.7 cm³/mol. The molecule has 0 aromatic carbocycles. The molecular weight excluding hydrogens is 262 g/mol. The number of likely N-dealkylation sites (tertiary alicyclic amines) is 1. The third-order valence-electron chi connectivity index (χ3n) is 3.73. The van der Waals surface area contributed by atoms with Gasteiger partial charge in [0.1, 0.15) is 5.00 Å². The first kappa shape index (κ1) is 14.3. The van der Waals surface area contributed by atoms with Crippen molar-refractivity contribution in [3.05, 3.63) is 11.3 Å². The Kier molecular flexibility index (Phi) is 4.42. The van der Waals surface area contributed by atoms with Crippen LogP contribution in [0.25, 0.3) is 0 Å². The fourth-order valence-electron chi connectivity index (χ4n) is 2.54. The molecular formula is C13H21N3O2S. The average molecular weight is 283 g/mol. The van der Waals surface area contributed by atoms with Crippen molar-refractivity contribution in [1.82, 2.24) is 9.27 Å². The highest BCUT2D eigenvalue weighted by atomic mass is 32.1. The van der Waals surface area contributed by atoms with Crippen LogP contribution >= 0.6 is 11.5 Å². The van der Waals surface area contributed by atoms with E-state index in [1.165, 1.54) is 11.5 Å². The maximum atomic E-state index is 12.6. The lowest BCUT2D eigenvalue weighted by Crippen LogP contribution is -2.43. The van der Waals surface area contributed by atoms with Gasteiger partial charge in [0.25, 0.3) is 5.91 Å². The van der Waals surface area contributed by atoms with E-state index in [-0.39, 0.29) is 17.9 Å². The SMILES string of the molecule is CNc1snc(C)c1C(=O)N1CCCC(C(C)O)C1. The summed E-state index contributed by atoms with van der Waals surface area (Å²) in [7, 11) is 1.80. The van der Waals surface area contributed by atoms with E-state index in [9.17, 15) is 9.90 Å². The first-order valence-corrected chi connectivity index (χ1v) is 7.43.